The first kappa shape index (κ1) is 74.5. The summed E-state index contributed by atoms with van der Waals surface area (Å²) in [5, 5.41) is 120. The van der Waals surface area contributed by atoms with Crippen LogP contribution in [0.3, 0.4) is 0 Å². The fourth-order valence-electron chi connectivity index (χ4n) is 10.2. The standard InChI is InChI=1S/C64H111NO18/c1-3-5-7-9-11-13-15-17-18-19-20-21-22-23-24-25-26-27-28-30-32-34-36-38-40-42-52(70)65-47(48(69)41-39-37-35-33-31-29-16-14-12-10-8-6-4-2)46-78-62-58(76)55(73)60(50(44-67)80-62)83-64-59(77)56(74)61(51(45-68)81-64)82-63-57(75)54(72)53(71)49(43-66)79-63/h12,14-15,17,19-20,22-23,31,33,39,41,47-51,53-64,66-69,71-77H,3-11,13,16,18,21,24-30,32,34-38,40,42-46H2,1-2H3,(H,65,70)/b14-12+,17-15-,20-19-,23-22-,33-31+,41-39+. The maximum absolute atomic E-state index is 13.3. The number of hydrogen-bond donors (Lipinski definition) is 12. The van der Waals surface area contributed by atoms with E-state index in [4.69, 9.17) is 28.4 Å². The highest BCUT2D eigenvalue weighted by Gasteiger charge is 2.53. The van der Waals surface area contributed by atoms with E-state index in [-0.39, 0.29) is 18.9 Å². The average molecular weight is 1180 g/mol. The van der Waals surface area contributed by atoms with Gasteiger partial charge in [0.2, 0.25) is 5.91 Å². The minimum Gasteiger partial charge on any atom is -0.394 e. The van der Waals surface area contributed by atoms with E-state index in [0.717, 1.165) is 70.6 Å². The largest absolute Gasteiger partial charge is 0.394 e. The van der Waals surface area contributed by atoms with Crippen molar-refractivity contribution in [2.75, 3.05) is 26.4 Å². The zero-order valence-electron chi connectivity index (χ0n) is 50.1. The molecule has 0 aromatic heterocycles. The van der Waals surface area contributed by atoms with Crippen molar-refractivity contribution >= 4 is 5.91 Å². The Hall–Kier alpha value is -2.77. The SMILES string of the molecule is CCCCC/C=C/CC/C=C/CC/C=C/C(O)C(COC1OC(CO)C(OC2OC(CO)C(OC3OC(CO)C(O)C(O)C3O)C(O)C2O)C(O)C1O)NC(=O)CCCCCCCCCCCC/C=C\C/C=C\C/C=C\CCCCCCC. The number of allylic oxidation sites excluding steroid dienone is 11. The molecule has 3 aliphatic rings. The van der Waals surface area contributed by atoms with Crippen molar-refractivity contribution in [3.8, 4) is 0 Å². The minimum absolute atomic E-state index is 0.224. The Morgan fingerprint density at radius 3 is 1.31 bits per heavy atom. The van der Waals surface area contributed by atoms with Gasteiger partial charge in [-0.2, -0.15) is 0 Å². The van der Waals surface area contributed by atoms with Gasteiger partial charge in [-0.1, -0.05) is 177 Å². The van der Waals surface area contributed by atoms with Gasteiger partial charge in [0.05, 0.1) is 38.6 Å². The van der Waals surface area contributed by atoms with E-state index in [1.165, 1.54) is 89.9 Å². The summed E-state index contributed by atoms with van der Waals surface area (Å²) < 4.78 is 34.2. The third-order valence-electron chi connectivity index (χ3n) is 15.5. The number of aliphatic hydroxyl groups is 11. The van der Waals surface area contributed by atoms with Crippen LogP contribution in [-0.4, -0.2) is 193 Å². The van der Waals surface area contributed by atoms with Crippen LogP contribution in [0.5, 0.6) is 0 Å². The lowest BCUT2D eigenvalue weighted by molar-refractivity contribution is -0.379. The number of rotatable bonds is 46. The quantitative estimate of drug-likeness (QED) is 0.0226. The normalized spacial score (nSPS) is 29.9. The summed E-state index contributed by atoms with van der Waals surface area (Å²) in [6, 6.07) is -1.00. The van der Waals surface area contributed by atoms with Crippen LogP contribution in [0.4, 0.5) is 0 Å². The summed E-state index contributed by atoms with van der Waals surface area (Å²) in [5.74, 6) is -0.298. The molecule has 3 saturated heterocycles. The lowest BCUT2D eigenvalue weighted by Gasteiger charge is -2.48. The molecule has 0 aromatic rings. The summed E-state index contributed by atoms with van der Waals surface area (Å²) in [6.07, 6.45) is 28.9. The van der Waals surface area contributed by atoms with Crippen molar-refractivity contribution < 1.29 is 89.4 Å². The number of unbranched alkanes of at least 4 members (excludes halogenated alkanes) is 20. The molecule has 12 N–H and O–H groups in total. The maximum Gasteiger partial charge on any atom is 0.220 e. The number of hydrogen-bond acceptors (Lipinski definition) is 18. The van der Waals surface area contributed by atoms with Gasteiger partial charge in [0.15, 0.2) is 18.9 Å². The Kier molecular flexibility index (Phi) is 41.6. The van der Waals surface area contributed by atoms with Gasteiger partial charge >= 0.3 is 0 Å². The third-order valence-corrected chi connectivity index (χ3v) is 15.5. The Balaban J connectivity index is 1.46. The molecule has 3 fully saturated rings. The lowest BCUT2D eigenvalue weighted by Crippen LogP contribution is -2.66. The zero-order chi connectivity index (χ0) is 60.5. The van der Waals surface area contributed by atoms with E-state index in [1.807, 2.05) is 6.08 Å². The van der Waals surface area contributed by atoms with Gasteiger partial charge < -0.3 is 89.9 Å². The van der Waals surface area contributed by atoms with Crippen LogP contribution >= 0.6 is 0 Å². The molecule has 1 amide bonds. The Morgan fingerprint density at radius 2 is 0.807 bits per heavy atom. The van der Waals surface area contributed by atoms with Gasteiger partial charge in [0.25, 0.3) is 0 Å². The molecule has 0 bridgehead atoms. The molecular weight excluding hydrogens is 1070 g/mol. The first-order chi connectivity index (χ1) is 40.3. The van der Waals surface area contributed by atoms with Crippen LogP contribution in [0.2, 0.25) is 0 Å². The highest BCUT2D eigenvalue weighted by Crippen LogP contribution is 2.33. The Morgan fingerprint density at radius 1 is 0.434 bits per heavy atom. The van der Waals surface area contributed by atoms with E-state index in [9.17, 15) is 61.0 Å². The van der Waals surface area contributed by atoms with Crippen LogP contribution in [0.1, 0.15) is 194 Å². The van der Waals surface area contributed by atoms with Gasteiger partial charge in [-0.25, -0.2) is 0 Å². The van der Waals surface area contributed by atoms with Gasteiger partial charge in [-0.15, -0.1) is 0 Å². The van der Waals surface area contributed by atoms with E-state index < -0.39 is 124 Å². The molecule has 17 atom stereocenters. The summed E-state index contributed by atoms with van der Waals surface area (Å²) in [5.41, 5.74) is 0. The number of aliphatic hydroxyl groups excluding tert-OH is 11. The van der Waals surface area contributed by atoms with Crippen molar-refractivity contribution in [2.45, 2.75) is 298 Å². The van der Waals surface area contributed by atoms with Crippen LogP contribution < -0.4 is 5.32 Å². The molecule has 3 heterocycles. The molecule has 0 saturated carbocycles. The van der Waals surface area contributed by atoms with Crippen molar-refractivity contribution in [1.29, 1.82) is 0 Å². The van der Waals surface area contributed by atoms with Crippen molar-refractivity contribution in [1.82, 2.24) is 5.32 Å². The topological polar surface area (TPSA) is 307 Å². The van der Waals surface area contributed by atoms with E-state index in [0.29, 0.717) is 12.8 Å². The summed E-state index contributed by atoms with van der Waals surface area (Å²) in [6.45, 7) is 1.63. The monoisotopic (exact) mass is 1180 g/mol. The molecule has 480 valence electrons. The summed E-state index contributed by atoms with van der Waals surface area (Å²) >= 11 is 0. The highest BCUT2D eigenvalue weighted by molar-refractivity contribution is 5.76. The Labute approximate surface area is 496 Å². The van der Waals surface area contributed by atoms with Gasteiger partial charge in [-0.3, -0.25) is 4.79 Å². The number of amides is 1. The number of ether oxygens (including phenoxy) is 6. The van der Waals surface area contributed by atoms with E-state index >= 15 is 0 Å². The van der Waals surface area contributed by atoms with Crippen molar-refractivity contribution in [2.24, 2.45) is 0 Å². The predicted octanol–water partition coefficient (Wildman–Crippen LogP) is 6.60. The predicted molar refractivity (Wildman–Crippen MR) is 318 cm³/mol. The molecule has 0 radical (unpaired) electrons. The average Bonchev–Trinajstić information content (AvgIpc) is 3.31. The molecule has 0 spiro atoms. The number of carbonyl (C=O) groups is 1. The fourth-order valence-corrected chi connectivity index (χ4v) is 10.2. The summed E-state index contributed by atoms with van der Waals surface area (Å²) in [4.78, 5) is 13.3. The van der Waals surface area contributed by atoms with Crippen LogP contribution in [-0.2, 0) is 33.2 Å². The van der Waals surface area contributed by atoms with Gasteiger partial charge in [0.1, 0.15) is 73.2 Å². The maximum atomic E-state index is 13.3. The molecular formula is C64H111NO18. The number of carbonyl (C=O) groups excluding carboxylic acids is 1. The molecule has 0 aliphatic carbocycles. The van der Waals surface area contributed by atoms with Crippen LogP contribution in [0.15, 0.2) is 72.9 Å². The Bertz CT molecular complexity index is 1790. The molecule has 19 heteroatoms. The molecule has 3 rings (SSSR count). The molecule has 17 unspecified atom stereocenters. The highest BCUT2D eigenvalue weighted by atomic mass is 16.8. The lowest BCUT2D eigenvalue weighted by atomic mass is 9.96. The van der Waals surface area contributed by atoms with Crippen LogP contribution in [0, 0.1) is 0 Å². The first-order valence-corrected chi connectivity index (χ1v) is 31.7. The third kappa shape index (κ3) is 29.7. The smallest absolute Gasteiger partial charge is 0.220 e. The van der Waals surface area contributed by atoms with Gasteiger partial charge in [0, 0.05) is 6.42 Å². The van der Waals surface area contributed by atoms with Crippen molar-refractivity contribution in [3.63, 3.8) is 0 Å². The second kappa shape index (κ2) is 46.4. The second-order valence-corrected chi connectivity index (χ2v) is 22.5. The molecule has 83 heavy (non-hydrogen) atoms. The molecule has 3 aliphatic heterocycles. The first-order valence-electron chi connectivity index (χ1n) is 31.7. The fraction of sp³-hybridized carbons (Fsp3) is 0.797. The van der Waals surface area contributed by atoms with Gasteiger partial charge in [-0.05, 0) is 83.5 Å². The van der Waals surface area contributed by atoms with Crippen molar-refractivity contribution in [3.05, 3.63) is 72.9 Å². The number of nitrogens with one attached hydrogen (secondary N) is 1. The molecule has 0 aromatic carbocycles. The second-order valence-electron chi connectivity index (χ2n) is 22.5. The summed E-state index contributed by atoms with van der Waals surface area (Å²) in [7, 11) is 0. The van der Waals surface area contributed by atoms with Crippen LogP contribution in [0.25, 0.3) is 0 Å². The van der Waals surface area contributed by atoms with E-state index in [2.05, 4.69) is 79.9 Å². The van der Waals surface area contributed by atoms with E-state index in [1.54, 1.807) is 6.08 Å². The zero-order valence-corrected chi connectivity index (χ0v) is 50.1. The molecule has 19 nitrogen and oxygen atoms in total. The minimum atomic E-state index is -1.98.